The Morgan fingerprint density at radius 2 is 2.12 bits per heavy atom. The number of nitrogens with one attached hydrogen (secondary N) is 1. The Kier molecular flexibility index (Phi) is 2.40. The van der Waals surface area contributed by atoms with Gasteiger partial charge in [0.2, 0.25) is 0 Å². The molecule has 0 aliphatic carbocycles. The van der Waals surface area contributed by atoms with Crippen LogP contribution in [-0.4, -0.2) is 22.0 Å². The molecule has 0 bridgehead atoms. The minimum absolute atomic E-state index is 0.188. The van der Waals surface area contributed by atoms with Crippen LogP contribution >= 0.6 is 0 Å². The van der Waals surface area contributed by atoms with Crippen LogP contribution in [0.15, 0.2) is 47.8 Å². The molecule has 4 nitrogen and oxygen atoms in total. The quantitative estimate of drug-likeness (QED) is 0.847. The van der Waals surface area contributed by atoms with Crippen molar-refractivity contribution >= 4 is 5.71 Å². The Bertz CT molecular complexity index is 525. The average Bonchev–Trinajstić information content (AvgIpc) is 3.00. The summed E-state index contributed by atoms with van der Waals surface area (Å²) in [4.78, 5) is 0. The molecule has 2 aromatic rings. The van der Waals surface area contributed by atoms with E-state index in [9.17, 15) is 0 Å². The number of aryl methyl sites for hydroxylation is 1. The van der Waals surface area contributed by atoms with E-state index >= 15 is 0 Å². The molecule has 0 amide bonds. The predicted octanol–water partition coefficient (Wildman–Crippen LogP) is 1.74. The van der Waals surface area contributed by atoms with Crippen LogP contribution in [0.3, 0.4) is 0 Å². The smallest absolute Gasteiger partial charge is 0.115 e. The van der Waals surface area contributed by atoms with Crippen LogP contribution in [0, 0.1) is 6.92 Å². The van der Waals surface area contributed by atoms with Crippen LogP contribution in [0.25, 0.3) is 0 Å². The molecule has 0 spiro atoms. The number of hydrazone groups is 1. The summed E-state index contributed by atoms with van der Waals surface area (Å²) in [5.74, 6) is 0. The summed E-state index contributed by atoms with van der Waals surface area (Å²) in [6.07, 6.45) is 3.77. The number of hydrogen-bond donors (Lipinski definition) is 1. The molecule has 3 rings (SSSR count). The van der Waals surface area contributed by atoms with Gasteiger partial charge in [0, 0.05) is 18.0 Å². The Morgan fingerprint density at radius 3 is 2.82 bits per heavy atom. The van der Waals surface area contributed by atoms with Gasteiger partial charge in [-0.1, -0.05) is 29.8 Å². The van der Waals surface area contributed by atoms with Gasteiger partial charge in [-0.3, -0.25) is 4.68 Å². The third-order valence-electron chi connectivity index (χ3n) is 2.99. The topological polar surface area (TPSA) is 42.2 Å². The Hall–Kier alpha value is -2.10. The van der Waals surface area contributed by atoms with Crippen LogP contribution in [0.5, 0.6) is 0 Å². The van der Waals surface area contributed by atoms with Crippen molar-refractivity contribution in [3.63, 3.8) is 0 Å². The van der Waals surface area contributed by atoms with Crippen molar-refractivity contribution in [2.75, 3.05) is 6.54 Å². The maximum Gasteiger partial charge on any atom is 0.115 e. The Labute approximate surface area is 100.0 Å². The largest absolute Gasteiger partial charge is 0.307 e. The normalized spacial score (nSPS) is 18.9. The van der Waals surface area contributed by atoms with Crippen molar-refractivity contribution in [3.05, 3.63) is 53.9 Å². The second-order valence-corrected chi connectivity index (χ2v) is 4.23. The van der Waals surface area contributed by atoms with Crippen molar-refractivity contribution in [2.45, 2.75) is 13.0 Å². The van der Waals surface area contributed by atoms with Gasteiger partial charge in [0.1, 0.15) is 6.04 Å². The minimum Gasteiger partial charge on any atom is -0.307 e. The van der Waals surface area contributed by atoms with Gasteiger partial charge < -0.3 is 5.43 Å². The zero-order valence-corrected chi connectivity index (χ0v) is 9.67. The second kappa shape index (κ2) is 4.05. The number of hydrogen-bond acceptors (Lipinski definition) is 3. The molecule has 0 radical (unpaired) electrons. The average molecular weight is 226 g/mol. The van der Waals surface area contributed by atoms with E-state index in [4.69, 9.17) is 0 Å². The zero-order valence-electron chi connectivity index (χ0n) is 9.67. The van der Waals surface area contributed by atoms with Crippen LogP contribution in [-0.2, 0) is 0 Å². The summed E-state index contributed by atoms with van der Waals surface area (Å²) in [5.41, 5.74) is 6.51. The fraction of sp³-hybridized carbons (Fsp3) is 0.231. The Morgan fingerprint density at radius 1 is 1.29 bits per heavy atom. The van der Waals surface area contributed by atoms with E-state index in [1.54, 1.807) is 6.20 Å². The highest BCUT2D eigenvalue weighted by Gasteiger charge is 2.24. The lowest BCUT2D eigenvalue weighted by molar-refractivity contribution is 0.561. The Balaban J connectivity index is 1.94. The molecule has 1 atom stereocenters. The molecule has 1 aromatic heterocycles. The first-order chi connectivity index (χ1) is 8.34. The van der Waals surface area contributed by atoms with Gasteiger partial charge in [-0.25, -0.2) is 0 Å². The first kappa shape index (κ1) is 10.1. The van der Waals surface area contributed by atoms with E-state index in [0.717, 1.165) is 17.8 Å². The molecule has 0 fully saturated rings. The highest BCUT2D eigenvalue weighted by molar-refractivity contribution is 6.04. The second-order valence-electron chi connectivity index (χ2n) is 4.23. The molecule has 1 aliphatic heterocycles. The van der Waals surface area contributed by atoms with Crippen LogP contribution in [0.1, 0.15) is 17.2 Å². The highest BCUT2D eigenvalue weighted by atomic mass is 15.4. The standard InChI is InChI=1S/C13H14N4/c1-10-3-5-11(6-4-10)13-12(9-14-16-13)17-8-2-7-15-17/h2-8,12,14H,9H2,1H3. The third-order valence-corrected chi connectivity index (χ3v) is 2.99. The fourth-order valence-electron chi connectivity index (χ4n) is 2.05. The van der Waals surface area contributed by atoms with Crippen LogP contribution in [0.4, 0.5) is 0 Å². The summed E-state index contributed by atoms with van der Waals surface area (Å²) in [5, 5.41) is 8.67. The van der Waals surface area contributed by atoms with E-state index in [-0.39, 0.29) is 6.04 Å². The third kappa shape index (κ3) is 1.82. The van der Waals surface area contributed by atoms with E-state index in [1.165, 1.54) is 5.56 Å². The molecule has 0 saturated carbocycles. The first-order valence-electron chi connectivity index (χ1n) is 5.71. The van der Waals surface area contributed by atoms with Gasteiger partial charge in [0.15, 0.2) is 0 Å². The summed E-state index contributed by atoms with van der Waals surface area (Å²) in [6, 6.07) is 10.6. The predicted molar refractivity (Wildman–Crippen MR) is 67.0 cm³/mol. The minimum atomic E-state index is 0.188. The van der Waals surface area contributed by atoms with Gasteiger partial charge in [0.25, 0.3) is 0 Å². The summed E-state index contributed by atoms with van der Waals surface area (Å²) in [6.45, 7) is 2.88. The SMILES string of the molecule is Cc1ccc(C2=NNCC2n2cccn2)cc1. The monoisotopic (exact) mass is 226 g/mol. The maximum absolute atomic E-state index is 4.38. The van der Waals surface area contributed by atoms with Crippen LogP contribution < -0.4 is 5.43 Å². The van der Waals surface area contributed by atoms with E-state index in [1.807, 2.05) is 16.9 Å². The van der Waals surface area contributed by atoms with Crippen molar-refractivity contribution in [1.82, 2.24) is 15.2 Å². The molecular formula is C13H14N4. The lowest BCUT2D eigenvalue weighted by Gasteiger charge is -2.12. The van der Waals surface area contributed by atoms with Crippen molar-refractivity contribution in [1.29, 1.82) is 0 Å². The molecule has 1 unspecified atom stereocenters. The van der Waals surface area contributed by atoms with Gasteiger partial charge in [-0.2, -0.15) is 10.2 Å². The van der Waals surface area contributed by atoms with Gasteiger partial charge in [-0.15, -0.1) is 0 Å². The van der Waals surface area contributed by atoms with E-state index in [2.05, 4.69) is 46.8 Å². The lowest BCUT2D eigenvalue weighted by atomic mass is 10.0. The molecule has 2 heterocycles. The molecule has 17 heavy (non-hydrogen) atoms. The van der Waals surface area contributed by atoms with Gasteiger partial charge >= 0.3 is 0 Å². The van der Waals surface area contributed by atoms with Gasteiger partial charge in [-0.05, 0) is 13.0 Å². The number of aromatic nitrogens is 2. The maximum atomic E-state index is 4.38. The molecule has 4 heteroatoms. The number of rotatable bonds is 2. The van der Waals surface area contributed by atoms with Crippen molar-refractivity contribution < 1.29 is 0 Å². The molecule has 1 aromatic carbocycles. The zero-order chi connectivity index (χ0) is 11.7. The lowest BCUT2D eigenvalue weighted by Crippen LogP contribution is -2.21. The van der Waals surface area contributed by atoms with Crippen molar-refractivity contribution in [2.24, 2.45) is 5.10 Å². The van der Waals surface area contributed by atoms with Crippen molar-refractivity contribution in [3.8, 4) is 0 Å². The summed E-state index contributed by atoms with van der Waals surface area (Å²) >= 11 is 0. The molecule has 0 saturated heterocycles. The summed E-state index contributed by atoms with van der Waals surface area (Å²) in [7, 11) is 0. The van der Waals surface area contributed by atoms with E-state index in [0.29, 0.717) is 0 Å². The fourth-order valence-corrected chi connectivity index (χ4v) is 2.05. The van der Waals surface area contributed by atoms with E-state index < -0.39 is 0 Å². The molecule has 1 N–H and O–H groups in total. The summed E-state index contributed by atoms with van der Waals surface area (Å²) < 4.78 is 1.94. The number of nitrogens with zero attached hydrogens (tertiary/aromatic N) is 3. The van der Waals surface area contributed by atoms with Gasteiger partial charge in [0.05, 0.1) is 12.3 Å². The number of benzene rings is 1. The molecule has 1 aliphatic rings. The first-order valence-corrected chi connectivity index (χ1v) is 5.71. The molecular weight excluding hydrogens is 212 g/mol. The highest BCUT2D eigenvalue weighted by Crippen LogP contribution is 2.18. The molecule has 86 valence electrons. The van der Waals surface area contributed by atoms with Crippen LogP contribution in [0.2, 0.25) is 0 Å².